The van der Waals surface area contributed by atoms with Gasteiger partial charge in [-0.1, -0.05) is 61.0 Å². The number of nitrogens with zero attached hydrogens (tertiary/aromatic N) is 1. The molecule has 0 amide bonds. The Labute approximate surface area is 309 Å². The first-order valence-electron chi connectivity index (χ1n) is 20.4. The summed E-state index contributed by atoms with van der Waals surface area (Å²) in [5.41, 5.74) is 1.46. The lowest BCUT2D eigenvalue weighted by atomic mass is 9.36. The number of likely N-dealkylation sites (tertiary alicyclic amines) is 1. The van der Waals surface area contributed by atoms with Crippen molar-refractivity contribution in [1.29, 1.82) is 0 Å². The summed E-state index contributed by atoms with van der Waals surface area (Å²) in [5.74, 6) is 2.12. The molecule has 5 fully saturated rings. The molecule has 0 aromatic rings. The number of esters is 1. The summed E-state index contributed by atoms with van der Waals surface area (Å²) in [6, 6.07) is 0.434. The minimum absolute atomic E-state index is 0.121. The van der Waals surface area contributed by atoms with E-state index in [-0.39, 0.29) is 46.4 Å². The number of carbonyl (C=O) groups excluding carboxylic acids is 3. The summed E-state index contributed by atoms with van der Waals surface area (Å²) in [5, 5.41) is 22.9. The summed E-state index contributed by atoms with van der Waals surface area (Å²) in [6.45, 7) is 20.5. The normalized spacial score (nSPS) is 38.8. The second-order valence-electron chi connectivity index (χ2n) is 19.8. The summed E-state index contributed by atoms with van der Waals surface area (Å²) in [6.07, 6.45) is 11.4. The van der Waals surface area contributed by atoms with Crippen LogP contribution in [0.25, 0.3) is 0 Å². The molecule has 290 valence electrons. The van der Waals surface area contributed by atoms with Gasteiger partial charge in [0, 0.05) is 42.4 Å². The van der Waals surface area contributed by atoms with Crippen LogP contribution < -0.4 is 5.32 Å². The zero-order valence-corrected chi connectivity index (χ0v) is 33.8. The Morgan fingerprint density at radius 3 is 2.24 bits per heavy atom. The fourth-order valence-electron chi connectivity index (χ4n) is 13.3. The van der Waals surface area contributed by atoms with Crippen molar-refractivity contribution in [2.75, 3.05) is 33.8 Å². The lowest BCUT2D eigenvalue weighted by molar-refractivity contribution is -0.214. The van der Waals surface area contributed by atoms with Crippen molar-refractivity contribution in [3.8, 4) is 0 Å². The number of hydrogen-bond donors (Lipinski definition) is 3. The molecule has 0 aromatic heterocycles. The molecule has 3 N–H and O–H groups in total. The first-order valence-corrected chi connectivity index (χ1v) is 20.4. The molecular weight excluding hydrogens is 640 g/mol. The number of nitrogens with one attached hydrogen (secondary N) is 1. The highest BCUT2D eigenvalue weighted by molar-refractivity contribution is 6.00. The smallest absolute Gasteiger partial charge is 0.307 e. The summed E-state index contributed by atoms with van der Waals surface area (Å²) < 4.78 is 6.21. The van der Waals surface area contributed by atoms with Gasteiger partial charge < -0.3 is 30.0 Å². The van der Waals surface area contributed by atoms with E-state index in [1.54, 1.807) is 13.8 Å². The van der Waals surface area contributed by atoms with Crippen molar-refractivity contribution in [2.45, 2.75) is 151 Å². The maximum absolute atomic E-state index is 13.9. The average Bonchev–Trinajstić information content (AvgIpc) is 3.39. The molecule has 0 bridgehead atoms. The number of aldehydes is 1. The fraction of sp³-hybridized carbons (Fsp3) is 0.884. The third-order valence-corrected chi connectivity index (χ3v) is 15.7. The van der Waals surface area contributed by atoms with E-state index >= 15 is 0 Å². The van der Waals surface area contributed by atoms with Gasteiger partial charge in [0.2, 0.25) is 0 Å². The van der Waals surface area contributed by atoms with Crippen molar-refractivity contribution in [3.63, 3.8) is 0 Å². The quantitative estimate of drug-likeness (QED) is 0.178. The van der Waals surface area contributed by atoms with Gasteiger partial charge in [0.05, 0.1) is 12.5 Å². The van der Waals surface area contributed by atoms with Crippen LogP contribution >= 0.6 is 0 Å². The van der Waals surface area contributed by atoms with Crippen LogP contribution in [0.15, 0.2) is 11.1 Å². The van der Waals surface area contributed by atoms with E-state index in [4.69, 9.17) is 9.84 Å². The Morgan fingerprint density at radius 2 is 1.61 bits per heavy atom. The van der Waals surface area contributed by atoms with Crippen molar-refractivity contribution < 1.29 is 29.3 Å². The minimum atomic E-state index is -0.707. The van der Waals surface area contributed by atoms with Crippen molar-refractivity contribution in [1.82, 2.24) is 10.2 Å². The topological polar surface area (TPSA) is 116 Å². The van der Waals surface area contributed by atoms with Crippen LogP contribution in [0.5, 0.6) is 0 Å². The van der Waals surface area contributed by atoms with Gasteiger partial charge in [-0.15, -0.1) is 0 Å². The molecule has 0 radical (unpaired) electrons. The number of Topliss-reactive ketones (excluding diaryl/α,β-unsaturated/α-hetero) is 1. The van der Waals surface area contributed by atoms with Crippen molar-refractivity contribution >= 4 is 18.0 Å². The molecule has 0 spiro atoms. The van der Waals surface area contributed by atoms with Gasteiger partial charge in [0.25, 0.3) is 0 Å². The summed E-state index contributed by atoms with van der Waals surface area (Å²) in [4.78, 5) is 40.8. The lowest BCUT2D eigenvalue weighted by Crippen LogP contribution is -2.63. The number of piperidine rings is 1. The second kappa shape index (κ2) is 14.9. The maximum Gasteiger partial charge on any atom is 0.307 e. The molecule has 8 nitrogen and oxygen atoms in total. The molecule has 6 aliphatic rings. The molecule has 0 aromatic carbocycles. The van der Waals surface area contributed by atoms with Crippen LogP contribution in [-0.4, -0.2) is 85.2 Å². The molecule has 8 heteroatoms. The predicted octanol–water partition coefficient (Wildman–Crippen LogP) is 6.76. The van der Waals surface area contributed by atoms with Crippen LogP contribution in [0.2, 0.25) is 0 Å². The molecule has 1 aliphatic heterocycles. The SMILES string of the molecule is CC(C)C1=C2C3CCC4C(C)(CCC5C(C)(C)C(OC(=O)CC(C)(C)C=O)CCC54C)C3CCC2([C@@H](O)CNC2CCN(C)CC2)CC1=O.CO. The van der Waals surface area contributed by atoms with E-state index in [1.807, 2.05) is 0 Å². The summed E-state index contributed by atoms with van der Waals surface area (Å²) in [7, 11) is 3.18. The summed E-state index contributed by atoms with van der Waals surface area (Å²) >= 11 is 0. The van der Waals surface area contributed by atoms with Gasteiger partial charge in [-0.3, -0.25) is 9.59 Å². The largest absolute Gasteiger partial charge is 0.462 e. The molecule has 1 heterocycles. The van der Waals surface area contributed by atoms with Crippen molar-refractivity contribution in [2.24, 2.45) is 56.7 Å². The highest BCUT2D eigenvalue weighted by atomic mass is 16.5. The minimum Gasteiger partial charge on any atom is -0.462 e. The molecular formula is C43H72N2O6. The van der Waals surface area contributed by atoms with E-state index in [2.05, 4.69) is 58.8 Å². The van der Waals surface area contributed by atoms with Gasteiger partial charge in [-0.2, -0.15) is 0 Å². The number of ketones is 1. The van der Waals surface area contributed by atoms with Crippen molar-refractivity contribution in [3.05, 3.63) is 11.1 Å². The van der Waals surface area contributed by atoms with E-state index in [1.165, 1.54) is 5.57 Å². The zero-order valence-electron chi connectivity index (χ0n) is 33.8. The molecule has 1 saturated heterocycles. The Morgan fingerprint density at radius 1 is 0.961 bits per heavy atom. The predicted molar refractivity (Wildman–Crippen MR) is 202 cm³/mol. The van der Waals surface area contributed by atoms with Crippen LogP contribution in [0.3, 0.4) is 0 Å². The third-order valence-electron chi connectivity index (χ3n) is 15.7. The number of aliphatic hydroxyl groups is 2. The van der Waals surface area contributed by atoms with E-state index < -0.39 is 16.9 Å². The molecule has 4 saturated carbocycles. The number of rotatable bonds is 9. The highest BCUT2D eigenvalue weighted by Gasteiger charge is 2.67. The number of carbonyl (C=O) groups is 3. The standard InChI is InChI=1S/C42H68N2O5.CH4O/c1-26(2)36-30(46)22-42(33(47)24-43-27-15-20-44(9)21-16-27)19-12-29-28(37(36)42)10-11-32-40(29,7)17-13-31-39(5,6)34(14-18-41(31,32)8)49-35(48)23-38(3,4)25-45;1-2/h25-29,31-34,43,47H,10-24H2,1-9H3;2H,1H3/t28?,29?,31?,32?,33-,34?,40?,41?,42?;/m0./s1. The van der Waals surface area contributed by atoms with E-state index in [0.717, 1.165) is 96.3 Å². The Hall–Kier alpha value is -1.61. The molecule has 5 aliphatic carbocycles. The van der Waals surface area contributed by atoms with Gasteiger partial charge in [0.1, 0.15) is 12.4 Å². The van der Waals surface area contributed by atoms with Gasteiger partial charge in [-0.05, 0) is 130 Å². The van der Waals surface area contributed by atoms with Gasteiger partial charge >= 0.3 is 5.97 Å². The van der Waals surface area contributed by atoms with Crippen LogP contribution in [0.1, 0.15) is 132 Å². The lowest BCUT2D eigenvalue weighted by Gasteiger charge is -2.69. The maximum atomic E-state index is 13.9. The molecule has 8 unspecified atom stereocenters. The Balaban J connectivity index is 0.00000248. The Kier molecular flexibility index (Phi) is 11.9. The number of fused-ring (bicyclic) bond motifs is 7. The number of aliphatic hydroxyl groups excluding tert-OH is 2. The monoisotopic (exact) mass is 713 g/mol. The molecule has 9 atom stereocenters. The van der Waals surface area contributed by atoms with E-state index in [0.29, 0.717) is 42.7 Å². The van der Waals surface area contributed by atoms with Crippen LogP contribution in [0.4, 0.5) is 0 Å². The fourth-order valence-corrected chi connectivity index (χ4v) is 13.3. The van der Waals surface area contributed by atoms with Gasteiger partial charge in [-0.25, -0.2) is 0 Å². The first kappa shape index (κ1) is 40.6. The van der Waals surface area contributed by atoms with Crippen LogP contribution in [0, 0.1) is 56.7 Å². The number of hydrogen-bond acceptors (Lipinski definition) is 8. The zero-order chi connectivity index (χ0) is 37.7. The highest BCUT2D eigenvalue weighted by Crippen LogP contribution is 2.73. The van der Waals surface area contributed by atoms with Crippen LogP contribution in [-0.2, 0) is 19.1 Å². The van der Waals surface area contributed by atoms with Gasteiger partial charge in [0.15, 0.2) is 5.78 Å². The number of ether oxygens (including phenoxy) is 1. The first-order chi connectivity index (χ1) is 23.9. The molecule has 6 rings (SSSR count). The average molecular weight is 713 g/mol. The Bertz CT molecular complexity index is 1330. The second-order valence-corrected chi connectivity index (χ2v) is 19.8. The third kappa shape index (κ3) is 7.07. The molecule has 51 heavy (non-hydrogen) atoms. The number of allylic oxidation sites excluding steroid dienone is 1. The van der Waals surface area contributed by atoms with E-state index in [9.17, 15) is 19.5 Å².